The van der Waals surface area contributed by atoms with Crippen molar-refractivity contribution in [3.63, 3.8) is 0 Å². The number of piperazine rings is 1. The van der Waals surface area contributed by atoms with Gasteiger partial charge < -0.3 is 34.1 Å². The molecule has 9 nitrogen and oxygen atoms in total. The number of aromatic amines is 1. The molecule has 34 heavy (non-hydrogen) atoms. The maximum atomic E-state index is 13.4. The van der Waals surface area contributed by atoms with Gasteiger partial charge in [0.05, 0.1) is 40.5 Å². The van der Waals surface area contributed by atoms with Crippen molar-refractivity contribution in [1.82, 2.24) is 14.8 Å². The van der Waals surface area contributed by atoms with Crippen molar-refractivity contribution in [2.45, 2.75) is 18.5 Å². The van der Waals surface area contributed by atoms with Gasteiger partial charge in [0.15, 0.2) is 11.5 Å². The molecule has 3 heterocycles. The number of carbonyl (C=O) groups is 2. The van der Waals surface area contributed by atoms with Crippen molar-refractivity contribution < 1.29 is 28.9 Å². The third-order valence-corrected chi connectivity index (χ3v) is 6.72. The van der Waals surface area contributed by atoms with E-state index in [0.29, 0.717) is 23.7 Å². The van der Waals surface area contributed by atoms with Gasteiger partial charge in [-0.05, 0) is 29.3 Å². The first-order valence-electron chi connectivity index (χ1n) is 11.1. The third kappa shape index (κ3) is 3.27. The van der Waals surface area contributed by atoms with E-state index in [1.54, 1.807) is 19.1 Å². The molecule has 0 bridgehead atoms. The van der Waals surface area contributed by atoms with Crippen molar-refractivity contribution in [3.8, 4) is 17.2 Å². The van der Waals surface area contributed by atoms with E-state index in [9.17, 15) is 14.7 Å². The van der Waals surface area contributed by atoms with Crippen LogP contribution >= 0.6 is 0 Å². The van der Waals surface area contributed by atoms with Crippen LogP contribution < -0.4 is 14.2 Å². The molecular weight excluding hydrogens is 438 g/mol. The number of hydrogen-bond acceptors (Lipinski definition) is 6. The van der Waals surface area contributed by atoms with Gasteiger partial charge in [0, 0.05) is 29.6 Å². The van der Waals surface area contributed by atoms with Gasteiger partial charge in [0.2, 0.25) is 17.6 Å². The van der Waals surface area contributed by atoms with E-state index >= 15 is 0 Å². The SMILES string of the molecule is COc1cc(C2c3[nH]c4ccccc4c3C[C@H]3C(=O)N(CCO)CC(=O)N23)cc(OC)c1OC. The zero-order valence-electron chi connectivity index (χ0n) is 19.3. The number of amides is 2. The standard InChI is InChI=1S/C25H27N3O6/c1-32-19-10-14(11-20(33-2)24(19)34-3)23-22-16(15-6-4-5-7-17(15)26-22)12-18-25(31)27(8-9-29)13-21(30)28(18)23/h4-7,10-11,18,23,26,29H,8-9,12-13H2,1-3H3/t18-,23?/m0/s1. The first-order chi connectivity index (χ1) is 16.5. The minimum atomic E-state index is -0.677. The number of benzene rings is 2. The average molecular weight is 466 g/mol. The topological polar surface area (TPSA) is 104 Å². The molecule has 2 aliphatic heterocycles. The first kappa shape index (κ1) is 22.1. The van der Waals surface area contributed by atoms with E-state index in [2.05, 4.69) is 4.98 Å². The number of nitrogens with one attached hydrogen (secondary N) is 1. The van der Waals surface area contributed by atoms with Crippen LogP contribution in [0.1, 0.15) is 22.9 Å². The molecule has 1 aromatic heterocycles. The van der Waals surface area contributed by atoms with E-state index < -0.39 is 12.1 Å². The number of carbonyl (C=O) groups excluding carboxylic acids is 2. The van der Waals surface area contributed by atoms with E-state index in [-0.39, 0.29) is 31.5 Å². The van der Waals surface area contributed by atoms with Crippen molar-refractivity contribution in [2.24, 2.45) is 0 Å². The number of H-pyrrole nitrogens is 1. The van der Waals surface area contributed by atoms with Crippen LogP contribution in [0.15, 0.2) is 36.4 Å². The van der Waals surface area contributed by atoms with Gasteiger partial charge in [-0.1, -0.05) is 18.2 Å². The lowest BCUT2D eigenvalue weighted by atomic mass is 9.86. The fourth-order valence-electron chi connectivity index (χ4n) is 5.24. The van der Waals surface area contributed by atoms with Crippen molar-refractivity contribution in [2.75, 3.05) is 41.0 Å². The molecule has 5 rings (SSSR count). The summed E-state index contributed by atoms with van der Waals surface area (Å²) in [5, 5.41) is 10.4. The van der Waals surface area contributed by atoms with E-state index in [4.69, 9.17) is 14.2 Å². The molecule has 2 aromatic carbocycles. The predicted octanol–water partition coefficient (Wildman–Crippen LogP) is 1.87. The minimum Gasteiger partial charge on any atom is -0.493 e. The highest BCUT2D eigenvalue weighted by Gasteiger charge is 2.48. The van der Waals surface area contributed by atoms with Gasteiger partial charge in [0.25, 0.3) is 0 Å². The molecule has 3 aromatic rings. The quantitative estimate of drug-likeness (QED) is 0.576. The van der Waals surface area contributed by atoms with E-state index in [1.165, 1.54) is 12.0 Å². The second kappa shape index (κ2) is 8.57. The fraction of sp³-hybridized carbons (Fsp3) is 0.360. The highest BCUT2D eigenvalue weighted by Crippen LogP contribution is 2.46. The summed E-state index contributed by atoms with van der Waals surface area (Å²) in [5.74, 6) is 1.04. The number of aromatic nitrogens is 1. The van der Waals surface area contributed by atoms with Crippen molar-refractivity contribution >= 4 is 22.7 Å². The number of aliphatic hydroxyl groups is 1. The zero-order chi connectivity index (χ0) is 24.0. The molecule has 0 spiro atoms. The van der Waals surface area contributed by atoms with Gasteiger partial charge >= 0.3 is 0 Å². The Kier molecular flexibility index (Phi) is 5.57. The van der Waals surface area contributed by atoms with Crippen LogP contribution in [0.25, 0.3) is 10.9 Å². The summed E-state index contributed by atoms with van der Waals surface area (Å²) in [7, 11) is 4.62. The Morgan fingerprint density at radius 1 is 1.06 bits per heavy atom. The summed E-state index contributed by atoms with van der Waals surface area (Å²) < 4.78 is 16.6. The number of rotatable bonds is 6. The maximum absolute atomic E-state index is 13.4. The summed E-state index contributed by atoms with van der Waals surface area (Å²) >= 11 is 0. The Labute approximate surface area is 196 Å². The molecule has 0 saturated carbocycles. The molecule has 0 radical (unpaired) electrons. The number of para-hydroxylation sites is 1. The highest BCUT2D eigenvalue weighted by atomic mass is 16.5. The van der Waals surface area contributed by atoms with Crippen molar-refractivity contribution in [3.05, 3.63) is 53.2 Å². The minimum absolute atomic E-state index is 0.0770. The summed E-state index contributed by atoms with van der Waals surface area (Å²) in [6.45, 7) is -0.142. The number of fused-ring (bicyclic) bond motifs is 4. The Hall–Kier alpha value is -3.72. The number of aliphatic hydroxyl groups excluding tert-OH is 1. The normalized spacial score (nSPS) is 19.8. The molecule has 9 heteroatoms. The second-order valence-corrected chi connectivity index (χ2v) is 8.43. The monoisotopic (exact) mass is 465 g/mol. The van der Waals surface area contributed by atoms with Crippen LogP contribution in [-0.4, -0.2) is 78.8 Å². The van der Waals surface area contributed by atoms with Crippen LogP contribution in [0.2, 0.25) is 0 Å². The molecule has 178 valence electrons. The molecule has 1 fully saturated rings. The van der Waals surface area contributed by atoms with Gasteiger partial charge in [-0.25, -0.2) is 0 Å². The van der Waals surface area contributed by atoms with Crippen LogP contribution in [0.4, 0.5) is 0 Å². The van der Waals surface area contributed by atoms with E-state index in [1.807, 2.05) is 36.4 Å². The summed E-state index contributed by atoms with van der Waals surface area (Å²) in [5.41, 5.74) is 3.55. The Morgan fingerprint density at radius 3 is 2.41 bits per heavy atom. The Bertz CT molecular complexity index is 1240. The molecule has 1 unspecified atom stereocenters. The molecular formula is C25H27N3O6. The smallest absolute Gasteiger partial charge is 0.246 e. The molecule has 2 atom stereocenters. The highest BCUT2D eigenvalue weighted by molar-refractivity contribution is 5.97. The van der Waals surface area contributed by atoms with Crippen LogP contribution in [0.5, 0.6) is 17.2 Å². The summed E-state index contributed by atoms with van der Waals surface area (Å²) in [4.78, 5) is 33.5. The van der Waals surface area contributed by atoms with Crippen molar-refractivity contribution in [1.29, 1.82) is 0 Å². The summed E-state index contributed by atoms with van der Waals surface area (Å²) in [6.07, 6.45) is 0.396. The van der Waals surface area contributed by atoms with Gasteiger partial charge in [-0.15, -0.1) is 0 Å². The lowest BCUT2D eigenvalue weighted by Crippen LogP contribution is -2.63. The third-order valence-electron chi connectivity index (χ3n) is 6.72. The van der Waals surface area contributed by atoms with Gasteiger partial charge in [-0.2, -0.15) is 0 Å². The maximum Gasteiger partial charge on any atom is 0.246 e. The number of ether oxygens (including phenoxy) is 3. The van der Waals surface area contributed by atoms with Crippen LogP contribution in [0.3, 0.4) is 0 Å². The number of hydrogen-bond donors (Lipinski definition) is 2. The van der Waals surface area contributed by atoms with Gasteiger partial charge in [-0.3, -0.25) is 9.59 Å². The zero-order valence-corrected chi connectivity index (χ0v) is 19.3. The first-order valence-corrected chi connectivity index (χ1v) is 11.1. The molecule has 0 aliphatic carbocycles. The predicted molar refractivity (Wildman–Crippen MR) is 124 cm³/mol. The molecule has 1 saturated heterocycles. The molecule has 2 N–H and O–H groups in total. The number of β-amino-alcohol motifs (C(OH)–C–C–N with tert-alkyl or cyclic N) is 1. The molecule has 2 amide bonds. The largest absolute Gasteiger partial charge is 0.493 e. The summed E-state index contributed by atoms with van der Waals surface area (Å²) in [6, 6.07) is 10.3. The van der Waals surface area contributed by atoms with Gasteiger partial charge in [0.1, 0.15) is 6.04 Å². The fourth-order valence-corrected chi connectivity index (χ4v) is 5.24. The van der Waals surface area contributed by atoms with Crippen LogP contribution in [-0.2, 0) is 16.0 Å². The average Bonchev–Trinajstić information content (AvgIpc) is 3.23. The lowest BCUT2D eigenvalue weighted by molar-refractivity contribution is -0.159. The molecule has 2 aliphatic rings. The number of methoxy groups -OCH3 is 3. The lowest BCUT2D eigenvalue weighted by Gasteiger charge is -2.47. The van der Waals surface area contributed by atoms with Crippen LogP contribution in [0, 0.1) is 0 Å². The second-order valence-electron chi connectivity index (χ2n) is 8.43. The van der Waals surface area contributed by atoms with E-state index in [0.717, 1.165) is 27.7 Å². The Balaban J connectivity index is 1.74. The Morgan fingerprint density at radius 2 is 1.76 bits per heavy atom. The number of nitrogens with zero attached hydrogens (tertiary/aromatic N) is 2.